The molecule has 0 unspecified atom stereocenters. The van der Waals surface area contributed by atoms with Crippen molar-refractivity contribution in [3.8, 4) is 0 Å². The fraction of sp³-hybridized carbons (Fsp3) is 0.909. The number of carboxylic acids is 1. The smallest absolute Gasteiger partial charge is 0.300 e. The van der Waals surface area contributed by atoms with Crippen LogP contribution in [0.5, 0.6) is 0 Å². The van der Waals surface area contributed by atoms with Gasteiger partial charge in [0.05, 0.1) is 0 Å². The van der Waals surface area contributed by atoms with Gasteiger partial charge in [-0.25, -0.2) is 0 Å². The average Bonchev–Trinajstić information content (AvgIpc) is 2.03. The molecular formula is C11H23NO2. The third-order valence-corrected chi connectivity index (χ3v) is 2.81. The van der Waals surface area contributed by atoms with Crippen LogP contribution >= 0.6 is 0 Å². The fourth-order valence-corrected chi connectivity index (χ4v) is 2.11. The van der Waals surface area contributed by atoms with Crippen LogP contribution in [0.15, 0.2) is 0 Å². The van der Waals surface area contributed by atoms with Gasteiger partial charge in [0.25, 0.3) is 5.97 Å². The maximum Gasteiger partial charge on any atom is 0.300 e. The standard InChI is InChI=1S/C9H19N.C2H4O2/c1-8-4-3-5-9(2,6-8)7-10;1-2(3)4/h8H,3-7,10H2,1-2H3;1H3,(H,3,4)/t8-,9+;/m0./s1. The number of aliphatic carboxylic acids is 1. The summed E-state index contributed by atoms with van der Waals surface area (Å²) in [6.45, 7) is 6.62. The lowest BCUT2D eigenvalue weighted by atomic mass is 9.71. The van der Waals surface area contributed by atoms with E-state index in [0.29, 0.717) is 5.41 Å². The zero-order valence-electron chi connectivity index (χ0n) is 9.55. The Hall–Kier alpha value is -0.570. The van der Waals surface area contributed by atoms with Crippen LogP contribution in [0.25, 0.3) is 0 Å². The van der Waals surface area contributed by atoms with Gasteiger partial charge in [-0.15, -0.1) is 0 Å². The van der Waals surface area contributed by atoms with Crippen molar-refractivity contribution in [1.82, 2.24) is 0 Å². The zero-order valence-corrected chi connectivity index (χ0v) is 9.55. The van der Waals surface area contributed by atoms with Crippen molar-refractivity contribution in [2.24, 2.45) is 17.1 Å². The molecule has 0 amide bonds. The number of hydrogen-bond acceptors (Lipinski definition) is 2. The Labute approximate surface area is 86.7 Å². The molecule has 1 aliphatic rings. The molecule has 1 fully saturated rings. The molecule has 0 aliphatic heterocycles. The molecule has 3 N–H and O–H groups in total. The van der Waals surface area contributed by atoms with Crippen molar-refractivity contribution in [2.75, 3.05) is 6.54 Å². The van der Waals surface area contributed by atoms with Crippen LogP contribution in [0.3, 0.4) is 0 Å². The van der Waals surface area contributed by atoms with Crippen LogP contribution in [-0.2, 0) is 4.79 Å². The van der Waals surface area contributed by atoms with Gasteiger partial charge in [0.2, 0.25) is 0 Å². The molecule has 0 aromatic rings. The van der Waals surface area contributed by atoms with E-state index in [-0.39, 0.29) is 0 Å². The van der Waals surface area contributed by atoms with Crippen molar-refractivity contribution < 1.29 is 9.90 Å². The molecule has 0 aromatic carbocycles. The van der Waals surface area contributed by atoms with E-state index in [1.165, 1.54) is 25.7 Å². The summed E-state index contributed by atoms with van der Waals surface area (Å²) in [5, 5.41) is 7.42. The van der Waals surface area contributed by atoms with Gasteiger partial charge in [-0.05, 0) is 30.7 Å². The van der Waals surface area contributed by atoms with E-state index in [2.05, 4.69) is 13.8 Å². The number of hydrogen-bond donors (Lipinski definition) is 2. The molecule has 1 saturated carbocycles. The summed E-state index contributed by atoms with van der Waals surface area (Å²) < 4.78 is 0. The molecule has 0 bridgehead atoms. The van der Waals surface area contributed by atoms with Gasteiger partial charge in [0.15, 0.2) is 0 Å². The highest BCUT2D eigenvalue weighted by Crippen LogP contribution is 2.37. The Morgan fingerprint density at radius 3 is 2.43 bits per heavy atom. The molecule has 0 aromatic heterocycles. The van der Waals surface area contributed by atoms with E-state index in [4.69, 9.17) is 15.6 Å². The van der Waals surface area contributed by atoms with Gasteiger partial charge >= 0.3 is 0 Å². The number of nitrogens with two attached hydrogens (primary N) is 1. The molecule has 0 spiro atoms. The zero-order chi connectivity index (χ0) is 11.2. The summed E-state index contributed by atoms with van der Waals surface area (Å²) >= 11 is 0. The highest BCUT2D eigenvalue weighted by Gasteiger charge is 2.28. The monoisotopic (exact) mass is 201 g/mol. The number of carboxylic acid groups (broad SMARTS) is 1. The predicted molar refractivity (Wildman–Crippen MR) is 58.1 cm³/mol. The van der Waals surface area contributed by atoms with Gasteiger partial charge in [-0.3, -0.25) is 4.79 Å². The molecule has 14 heavy (non-hydrogen) atoms. The van der Waals surface area contributed by atoms with Crippen LogP contribution in [0, 0.1) is 11.3 Å². The van der Waals surface area contributed by atoms with Crippen LogP contribution in [0.4, 0.5) is 0 Å². The predicted octanol–water partition coefficient (Wildman–Crippen LogP) is 2.25. The second kappa shape index (κ2) is 6.02. The lowest BCUT2D eigenvalue weighted by molar-refractivity contribution is -0.134. The third kappa shape index (κ3) is 5.97. The molecule has 3 nitrogen and oxygen atoms in total. The second-order valence-electron chi connectivity index (χ2n) is 4.74. The van der Waals surface area contributed by atoms with E-state index in [1.54, 1.807) is 0 Å². The summed E-state index contributed by atoms with van der Waals surface area (Å²) in [5.41, 5.74) is 6.17. The van der Waals surface area contributed by atoms with E-state index in [0.717, 1.165) is 19.4 Å². The SMILES string of the molecule is CC(=O)O.C[C@H]1CCC[C@@](C)(CN)C1. The minimum Gasteiger partial charge on any atom is -0.481 e. The highest BCUT2D eigenvalue weighted by atomic mass is 16.4. The van der Waals surface area contributed by atoms with Gasteiger partial charge in [0.1, 0.15) is 0 Å². The van der Waals surface area contributed by atoms with E-state index in [1.807, 2.05) is 0 Å². The van der Waals surface area contributed by atoms with E-state index >= 15 is 0 Å². The van der Waals surface area contributed by atoms with Crippen LogP contribution in [0.2, 0.25) is 0 Å². The molecule has 1 rings (SSSR count). The quantitative estimate of drug-likeness (QED) is 0.684. The molecule has 0 radical (unpaired) electrons. The molecule has 3 heteroatoms. The van der Waals surface area contributed by atoms with Gasteiger partial charge in [-0.1, -0.05) is 26.7 Å². The third-order valence-electron chi connectivity index (χ3n) is 2.81. The van der Waals surface area contributed by atoms with Crippen LogP contribution in [-0.4, -0.2) is 17.6 Å². The molecule has 0 heterocycles. The lowest BCUT2D eigenvalue weighted by Gasteiger charge is -2.35. The number of carbonyl (C=O) groups is 1. The molecule has 1 aliphatic carbocycles. The van der Waals surface area contributed by atoms with Crippen molar-refractivity contribution >= 4 is 5.97 Å². The first kappa shape index (κ1) is 13.4. The largest absolute Gasteiger partial charge is 0.481 e. The summed E-state index contributed by atoms with van der Waals surface area (Å²) in [4.78, 5) is 9.00. The summed E-state index contributed by atoms with van der Waals surface area (Å²) in [6, 6.07) is 0. The first-order valence-corrected chi connectivity index (χ1v) is 5.29. The summed E-state index contributed by atoms with van der Waals surface area (Å²) in [7, 11) is 0. The van der Waals surface area contributed by atoms with Crippen molar-refractivity contribution in [2.45, 2.75) is 46.5 Å². The topological polar surface area (TPSA) is 63.3 Å². The summed E-state index contributed by atoms with van der Waals surface area (Å²) in [5.74, 6) is 0.0716. The Balaban J connectivity index is 0.000000364. The summed E-state index contributed by atoms with van der Waals surface area (Å²) in [6.07, 6.45) is 5.47. The van der Waals surface area contributed by atoms with E-state index < -0.39 is 5.97 Å². The van der Waals surface area contributed by atoms with Gasteiger partial charge in [0, 0.05) is 6.92 Å². The average molecular weight is 201 g/mol. The second-order valence-corrected chi connectivity index (χ2v) is 4.74. The molecular weight excluding hydrogens is 178 g/mol. The van der Waals surface area contributed by atoms with Gasteiger partial charge in [-0.2, -0.15) is 0 Å². The molecule has 84 valence electrons. The van der Waals surface area contributed by atoms with Crippen molar-refractivity contribution in [3.05, 3.63) is 0 Å². The van der Waals surface area contributed by atoms with Crippen LogP contribution < -0.4 is 5.73 Å². The van der Waals surface area contributed by atoms with Crippen molar-refractivity contribution in [1.29, 1.82) is 0 Å². The first-order valence-electron chi connectivity index (χ1n) is 5.29. The number of rotatable bonds is 1. The maximum absolute atomic E-state index is 9.00. The Morgan fingerprint density at radius 1 is 1.64 bits per heavy atom. The normalized spacial score (nSPS) is 31.6. The molecule has 0 saturated heterocycles. The Bertz CT molecular complexity index is 178. The Morgan fingerprint density at radius 2 is 2.14 bits per heavy atom. The minimum absolute atomic E-state index is 0.470. The fourth-order valence-electron chi connectivity index (χ4n) is 2.11. The molecule has 2 atom stereocenters. The maximum atomic E-state index is 9.00. The lowest BCUT2D eigenvalue weighted by Crippen LogP contribution is -2.32. The highest BCUT2D eigenvalue weighted by molar-refractivity contribution is 5.62. The first-order chi connectivity index (χ1) is 6.39. The van der Waals surface area contributed by atoms with Crippen molar-refractivity contribution in [3.63, 3.8) is 0 Å². The Kier molecular flexibility index (Phi) is 5.77. The minimum atomic E-state index is -0.833. The van der Waals surface area contributed by atoms with Crippen LogP contribution in [0.1, 0.15) is 46.5 Å². The van der Waals surface area contributed by atoms with Gasteiger partial charge < -0.3 is 10.8 Å². The van der Waals surface area contributed by atoms with E-state index in [9.17, 15) is 0 Å².